The van der Waals surface area contributed by atoms with E-state index in [1.54, 1.807) is 0 Å². The van der Waals surface area contributed by atoms with Crippen LogP contribution in [0, 0.1) is 11.6 Å². The molecule has 0 atom stereocenters. The first-order valence-corrected chi connectivity index (χ1v) is 7.88. The van der Waals surface area contributed by atoms with Crippen molar-refractivity contribution in [3.05, 3.63) is 41.6 Å². The molecule has 0 fully saturated rings. The fraction of sp³-hybridized carbons (Fsp3) is 0.333. The van der Waals surface area contributed by atoms with Gasteiger partial charge in [-0.3, -0.25) is 0 Å². The lowest BCUT2D eigenvalue weighted by atomic mass is 9.91. The van der Waals surface area contributed by atoms with Crippen LogP contribution in [0.4, 0.5) is 14.6 Å². The van der Waals surface area contributed by atoms with E-state index >= 15 is 0 Å². The minimum Gasteiger partial charge on any atom is -0.383 e. The maximum Gasteiger partial charge on any atom is 0.161 e. The molecular formula is C18H22F2N4. The highest BCUT2D eigenvalue weighted by Crippen LogP contribution is 2.28. The van der Waals surface area contributed by atoms with Crippen molar-refractivity contribution in [2.75, 3.05) is 5.73 Å². The van der Waals surface area contributed by atoms with E-state index in [1.165, 1.54) is 0 Å². The van der Waals surface area contributed by atoms with E-state index in [0.717, 1.165) is 17.8 Å². The molecule has 24 heavy (non-hydrogen) atoms. The van der Waals surface area contributed by atoms with Gasteiger partial charge in [0.15, 0.2) is 11.6 Å². The number of hydrogen-bond acceptors (Lipinski definition) is 3. The number of fused-ring (bicyclic) bond motifs is 1. The first-order valence-electron chi connectivity index (χ1n) is 7.88. The molecule has 6 heteroatoms. The number of nitrogens with zero attached hydrogens (tertiary/aromatic N) is 2. The quantitative estimate of drug-likeness (QED) is 0.672. The second-order valence-electron chi connectivity index (χ2n) is 6.25. The summed E-state index contributed by atoms with van der Waals surface area (Å²) in [7, 11) is 0. The topological polar surface area (TPSA) is 67.6 Å². The third-order valence-electron chi connectivity index (χ3n) is 3.47. The van der Waals surface area contributed by atoms with Crippen molar-refractivity contribution in [1.29, 1.82) is 0 Å². The van der Waals surface area contributed by atoms with Gasteiger partial charge in [0.25, 0.3) is 0 Å². The molecule has 0 aliphatic heterocycles. The number of aromatic nitrogens is 3. The molecule has 4 nitrogen and oxygen atoms in total. The first kappa shape index (κ1) is 17.8. The van der Waals surface area contributed by atoms with Crippen molar-refractivity contribution >= 4 is 16.9 Å². The lowest BCUT2D eigenvalue weighted by Gasteiger charge is -2.18. The Morgan fingerprint density at radius 3 is 2.21 bits per heavy atom. The number of pyridine rings is 1. The maximum absolute atomic E-state index is 13.3. The van der Waals surface area contributed by atoms with E-state index < -0.39 is 11.6 Å². The van der Waals surface area contributed by atoms with Crippen LogP contribution in [0.1, 0.15) is 40.3 Å². The van der Waals surface area contributed by atoms with E-state index in [9.17, 15) is 8.78 Å². The molecule has 0 aliphatic rings. The Hall–Kier alpha value is -2.50. The molecule has 0 saturated carbocycles. The summed E-state index contributed by atoms with van der Waals surface area (Å²) in [4.78, 5) is 11.6. The molecule has 3 rings (SSSR count). The predicted molar refractivity (Wildman–Crippen MR) is 93.7 cm³/mol. The molecular weight excluding hydrogens is 310 g/mol. The summed E-state index contributed by atoms with van der Waals surface area (Å²) in [6.45, 7) is 10.1. The summed E-state index contributed by atoms with van der Waals surface area (Å²) in [6.07, 6.45) is 0. The number of halogens is 2. The number of nitrogen functional groups attached to an aromatic ring is 1. The number of nitrogens with one attached hydrogen (secondary N) is 1. The number of benzene rings is 1. The highest BCUT2D eigenvalue weighted by Gasteiger charge is 2.18. The normalized spacial score (nSPS) is 11.3. The summed E-state index contributed by atoms with van der Waals surface area (Å²) in [5.41, 5.74) is 8.11. The monoisotopic (exact) mass is 332 g/mol. The average Bonchev–Trinajstić information content (AvgIpc) is 2.91. The highest BCUT2D eigenvalue weighted by molar-refractivity contribution is 5.81. The maximum atomic E-state index is 13.3. The van der Waals surface area contributed by atoms with Gasteiger partial charge in [0.2, 0.25) is 0 Å². The van der Waals surface area contributed by atoms with Crippen LogP contribution in [0.25, 0.3) is 22.4 Å². The van der Waals surface area contributed by atoms with Gasteiger partial charge >= 0.3 is 0 Å². The standard InChI is InChI=1S/C16H16F2N4.C2H6/c1-16(2,3)13-5-4-8(14(19)22-13)15-20-11-6-9(17)10(18)7-12(11)21-15;1-2/h4-7H,1-3H3,(H2,19,22)(H,20,21);1-2H3. The van der Waals surface area contributed by atoms with Gasteiger partial charge in [-0.05, 0) is 12.1 Å². The van der Waals surface area contributed by atoms with Crippen molar-refractivity contribution in [2.24, 2.45) is 0 Å². The Kier molecular flexibility index (Phi) is 4.87. The highest BCUT2D eigenvalue weighted by atomic mass is 19.2. The number of aromatic amines is 1. The largest absolute Gasteiger partial charge is 0.383 e. The Bertz CT molecular complexity index is 824. The van der Waals surface area contributed by atoms with Crippen molar-refractivity contribution in [2.45, 2.75) is 40.0 Å². The molecule has 2 aromatic heterocycles. The summed E-state index contributed by atoms with van der Waals surface area (Å²) in [6, 6.07) is 5.82. The van der Waals surface area contributed by atoms with Crippen LogP contribution in [0.15, 0.2) is 24.3 Å². The minimum atomic E-state index is -0.931. The average molecular weight is 332 g/mol. The molecule has 1 aromatic carbocycles. The van der Waals surface area contributed by atoms with E-state index in [0.29, 0.717) is 28.2 Å². The molecule has 0 unspecified atom stereocenters. The predicted octanol–water partition coefficient (Wildman–Crippen LogP) is 4.81. The van der Waals surface area contributed by atoms with Crippen molar-refractivity contribution in [3.63, 3.8) is 0 Å². The zero-order chi connectivity index (χ0) is 18.1. The lowest BCUT2D eigenvalue weighted by molar-refractivity contribution is 0.510. The molecule has 0 aliphatic carbocycles. The number of imidazole rings is 1. The van der Waals surface area contributed by atoms with Crippen LogP contribution in [0.2, 0.25) is 0 Å². The summed E-state index contributed by atoms with van der Waals surface area (Å²) >= 11 is 0. The third-order valence-corrected chi connectivity index (χ3v) is 3.47. The molecule has 128 valence electrons. The minimum absolute atomic E-state index is 0.118. The van der Waals surface area contributed by atoms with Gasteiger partial charge in [0.1, 0.15) is 11.6 Å². The van der Waals surface area contributed by atoms with Crippen LogP contribution in [-0.2, 0) is 5.41 Å². The molecule has 0 bridgehead atoms. The van der Waals surface area contributed by atoms with E-state index in [4.69, 9.17) is 5.73 Å². The van der Waals surface area contributed by atoms with Gasteiger partial charge in [-0.25, -0.2) is 18.7 Å². The number of H-pyrrole nitrogens is 1. The molecule has 0 spiro atoms. The molecule has 3 N–H and O–H groups in total. The number of nitrogens with two attached hydrogens (primary N) is 1. The van der Waals surface area contributed by atoms with Gasteiger partial charge in [-0.15, -0.1) is 0 Å². The van der Waals surface area contributed by atoms with Crippen LogP contribution in [0.3, 0.4) is 0 Å². The molecule has 0 radical (unpaired) electrons. The fourth-order valence-electron chi connectivity index (χ4n) is 2.23. The Morgan fingerprint density at radius 1 is 1.00 bits per heavy atom. The Balaban J connectivity index is 0.00000100. The molecule has 2 heterocycles. The van der Waals surface area contributed by atoms with Crippen molar-refractivity contribution < 1.29 is 8.78 Å². The van der Waals surface area contributed by atoms with Crippen LogP contribution in [0.5, 0.6) is 0 Å². The van der Waals surface area contributed by atoms with E-state index in [-0.39, 0.29) is 5.41 Å². The third kappa shape index (κ3) is 3.37. The first-order chi connectivity index (χ1) is 11.3. The van der Waals surface area contributed by atoms with Crippen LogP contribution in [-0.4, -0.2) is 15.0 Å². The van der Waals surface area contributed by atoms with Crippen LogP contribution >= 0.6 is 0 Å². The summed E-state index contributed by atoms with van der Waals surface area (Å²) in [5, 5.41) is 0. The van der Waals surface area contributed by atoms with Crippen molar-refractivity contribution in [3.8, 4) is 11.4 Å². The lowest BCUT2D eigenvalue weighted by Crippen LogP contribution is -2.14. The zero-order valence-electron chi connectivity index (χ0n) is 14.5. The Labute approximate surface area is 140 Å². The number of anilines is 1. The molecule has 3 aromatic rings. The van der Waals surface area contributed by atoms with Gasteiger partial charge < -0.3 is 10.7 Å². The summed E-state index contributed by atoms with van der Waals surface area (Å²) in [5.74, 6) is -1.09. The molecule has 0 amide bonds. The van der Waals surface area contributed by atoms with E-state index in [2.05, 4.69) is 15.0 Å². The number of rotatable bonds is 1. The van der Waals surface area contributed by atoms with Gasteiger partial charge in [-0.1, -0.05) is 34.6 Å². The molecule has 0 saturated heterocycles. The van der Waals surface area contributed by atoms with Crippen molar-refractivity contribution in [1.82, 2.24) is 15.0 Å². The fourth-order valence-corrected chi connectivity index (χ4v) is 2.23. The van der Waals surface area contributed by atoms with Gasteiger partial charge in [0.05, 0.1) is 16.6 Å². The number of hydrogen-bond donors (Lipinski definition) is 2. The van der Waals surface area contributed by atoms with Crippen LogP contribution < -0.4 is 5.73 Å². The van der Waals surface area contributed by atoms with E-state index in [1.807, 2.05) is 46.8 Å². The SMILES string of the molecule is CC.CC(C)(C)c1ccc(-c2nc3cc(F)c(F)cc3[nH]2)c(N)n1. The van der Waals surface area contributed by atoms with Gasteiger partial charge in [0, 0.05) is 23.2 Å². The Morgan fingerprint density at radius 2 is 1.62 bits per heavy atom. The second kappa shape index (κ2) is 6.55. The zero-order valence-corrected chi connectivity index (χ0v) is 14.5. The second-order valence-corrected chi connectivity index (χ2v) is 6.25. The smallest absolute Gasteiger partial charge is 0.161 e. The summed E-state index contributed by atoms with van der Waals surface area (Å²) < 4.78 is 26.5. The van der Waals surface area contributed by atoms with Gasteiger partial charge in [-0.2, -0.15) is 0 Å².